The van der Waals surface area contributed by atoms with Crippen LogP contribution in [0.1, 0.15) is 71.3 Å². The highest BCUT2D eigenvalue weighted by atomic mass is 16.2. The van der Waals surface area contributed by atoms with Crippen molar-refractivity contribution in [3.63, 3.8) is 0 Å². The van der Waals surface area contributed by atoms with Gasteiger partial charge >= 0.3 is 0 Å². The van der Waals surface area contributed by atoms with Gasteiger partial charge < -0.3 is 4.90 Å². The number of amides is 1. The molecule has 152 valence electrons. The second-order valence-electron chi connectivity index (χ2n) is 7.82. The summed E-state index contributed by atoms with van der Waals surface area (Å²) in [5, 5.41) is 0. The molecule has 0 bridgehead atoms. The summed E-state index contributed by atoms with van der Waals surface area (Å²) in [6.07, 6.45) is 9.96. The molecule has 0 radical (unpaired) electrons. The zero-order valence-electron chi connectivity index (χ0n) is 17.8. The van der Waals surface area contributed by atoms with E-state index in [1.54, 1.807) is 0 Å². The second kappa shape index (κ2) is 9.90. The molecule has 1 saturated heterocycles. The van der Waals surface area contributed by atoms with Crippen LogP contribution in [0.2, 0.25) is 0 Å². The molecular weight excluding hydrogens is 346 g/mol. The molecule has 1 aromatic carbocycles. The first-order valence-corrected chi connectivity index (χ1v) is 11.1. The number of benzene rings is 1. The zero-order valence-corrected chi connectivity index (χ0v) is 17.8. The number of hydrogen-bond donors (Lipinski definition) is 0. The van der Waals surface area contributed by atoms with Gasteiger partial charge in [0.25, 0.3) is 5.91 Å². The molecule has 4 heteroatoms. The van der Waals surface area contributed by atoms with Crippen LogP contribution in [0.4, 0.5) is 5.69 Å². The van der Waals surface area contributed by atoms with Crippen LogP contribution in [0.25, 0.3) is 6.08 Å². The molecule has 1 aromatic rings. The van der Waals surface area contributed by atoms with Gasteiger partial charge in [-0.2, -0.15) is 0 Å². The molecule has 0 atom stereocenters. The highest BCUT2D eigenvalue weighted by Crippen LogP contribution is 2.26. The normalized spacial score (nSPS) is 21.5. The number of piperidine rings is 1. The largest absolute Gasteiger partial charge is 0.372 e. The highest BCUT2D eigenvalue weighted by molar-refractivity contribution is 6.11. The maximum absolute atomic E-state index is 13.0. The first-order valence-electron chi connectivity index (χ1n) is 11.1. The Morgan fingerprint density at radius 2 is 1.71 bits per heavy atom. The smallest absolute Gasteiger partial charge is 0.255 e. The lowest BCUT2D eigenvalue weighted by molar-refractivity contribution is -0.124. The van der Waals surface area contributed by atoms with E-state index < -0.39 is 0 Å². The summed E-state index contributed by atoms with van der Waals surface area (Å²) in [5.41, 5.74) is 3.24. The van der Waals surface area contributed by atoms with Crippen LogP contribution in [-0.4, -0.2) is 42.3 Å². The second-order valence-corrected chi connectivity index (χ2v) is 7.82. The van der Waals surface area contributed by atoms with Gasteiger partial charge in [0, 0.05) is 37.3 Å². The number of hydrogen-bond acceptors (Lipinski definition) is 3. The molecule has 0 spiro atoms. The molecule has 28 heavy (non-hydrogen) atoms. The van der Waals surface area contributed by atoms with Crippen molar-refractivity contribution in [1.29, 1.82) is 0 Å². The Morgan fingerprint density at radius 1 is 1.04 bits per heavy atom. The zero-order chi connectivity index (χ0) is 19.9. The fraction of sp³-hybridized carbons (Fsp3) is 0.583. The average molecular weight is 382 g/mol. The van der Waals surface area contributed by atoms with Gasteiger partial charge in [-0.15, -0.1) is 0 Å². The van der Waals surface area contributed by atoms with Crippen molar-refractivity contribution in [3.05, 3.63) is 35.4 Å². The Balaban J connectivity index is 1.73. The Bertz CT molecular complexity index is 710. The summed E-state index contributed by atoms with van der Waals surface area (Å²) in [4.78, 5) is 22.3. The van der Waals surface area contributed by atoms with Crippen molar-refractivity contribution in [2.75, 3.05) is 24.5 Å². The summed E-state index contributed by atoms with van der Waals surface area (Å²) < 4.78 is 0. The summed E-state index contributed by atoms with van der Waals surface area (Å²) >= 11 is 0. The standard InChI is InChI=1S/C24H35N3O/c1-4-26(5-2)22-15-12-19(13-16-22)18-20-14-17-23(27(6-3)24(20)28)25-21-10-8-7-9-11-21/h12-13,15-16,18,21H,4-11,14,17H2,1-3H3/b20-18-,25-23-. The maximum atomic E-state index is 13.0. The van der Waals surface area contributed by atoms with E-state index in [9.17, 15) is 4.79 Å². The van der Waals surface area contributed by atoms with Crippen LogP contribution in [0, 0.1) is 0 Å². The Kier molecular flexibility index (Phi) is 7.30. The molecule has 1 aliphatic carbocycles. The van der Waals surface area contributed by atoms with Crippen molar-refractivity contribution in [3.8, 4) is 0 Å². The molecule has 3 rings (SSSR count). The number of likely N-dealkylation sites (tertiary alicyclic amines) is 1. The van der Waals surface area contributed by atoms with Crippen molar-refractivity contribution in [2.24, 2.45) is 4.99 Å². The van der Waals surface area contributed by atoms with Gasteiger partial charge in [-0.25, -0.2) is 0 Å². The third-order valence-corrected chi connectivity index (χ3v) is 6.03. The SMILES string of the molecule is CCN1C(=O)/C(=C\c2ccc(N(CC)CC)cc2)CC/C1=N/C1CCCCC1. The summed E-state index contributed by atoms with van der Waals surface area (Å²) in [7, 11) is 0. The van der Waals surface area contributed by atoms with E-state index in [4.69, 9.17) is 4.99 Å². The lowest BCUT2D eigenvalue weighted by atomic mass is 9.95. The van der Waals surface area contributed by atoms with Crippen LogP contribution >= 0.6 is 0 Å². The minimum Gasteiger partial charge on any atom is -0.372 e. The van der Waals surface area contributed by atoms with Gasteiger partial charge in [0.1, 0.15) is 5.84 Å². The predicted molar refractivity (Wildman–Crippen MR) is 119 cm³/mol. The van der Waals surface area contributed by atoms with Crippen molar-refractivity contribution in [2.45, 2.75) is 71.8 Å². The number of anilines is 1. The van der Waals surface area contributed by atoms with Crippen LogP contribution < -0.4 is 4.90 Å². The summed E-state index contributed by atoms with van der Waals surface area (Å²) in [6, 6.07) is 8.97. The molecule has 1 saturated carbocycles. The molecule has 0 unspecified atom stereocenters. The van der Waals surface area contributed by atoms with Gasteiger partial charge in [-0.1, -0.05) is 31.4 Å². The molecule has 4 nitrogen and oxygen atoms in total. The molecule has 0 aromatic heterocycles. The van der Waals surface area contributed by atoms with Crippen molar-refractivity contribution >= 4 is 23.5 Å². The Morgan fingerprint density at radius 3 is 2.32 bits per heavy atom. The monoisotopic (exact) mass is 381 g/mol. The lowest BCUT2D eigenvalue weighted by Crippen LogP contribution is -2.42. The van der Waals surface area contributed by atoms with Crippen molar-refractivity contribution in [1.82, 2.24) is 4.90 Å². The van der Waals surface area contributed by atoms with Crippen LogP contribution in [0.15, 0.2) is 34.8 Å². The number of likely N-dealkylation sites (N-methyl/N-ethyl adjacent to an activating group) is 1. The van der Waals surface area contributed by atoms with Gasteiger partial charge in [-0.05, 0) is 63.8 Å². The van der Waals surface area contributed by atoms with Crippen LogP contribution in [0.3, 0.4) is 0 Å². The van der Waals surface area contributed by atoms with Gasteiger partial charge in [0.15, 0.2) is 0 Å². The first-order chi connectivity index (χ1) is 13.7. The fourth-order valence-corrected chi connectivity index (χ4v) is 4.37. The Labute approximate surface area is 170 Å². The van der Waals surface area contributed by atoms with E-state index in [0.717, 1.165) is 42.9 Å². The van der Waals surface area contributed by atoms with E-state index in [-0.39, 0.29) is 5.91 Å². The maximum Gasteiger partial charge on any atom is 0.255 e. The number of aliphatic imine (C=N–C) groups is 1. The molecule has 2 aliphatic rings. The van der Waals surface area contributed by atoms with Crippen LogP contribution in [-0.2, 0) is 4.79 Å². The van der Waals surface area contributed by atoms with E-state index in [1.165, 1.54) is 37.8 Å². The predicted octanol–water partition coefficient (Wildman–Crippen LogP) is 5.29. The molecule has 1 heterocycles. The first kappa shape index (κ1) is 20.6. The Hall–Kier alpha value is -2.10. The minimum atomic E-state index is 0.135. The van der Waals surface area contributed by atoms with Gasteiger partial charge in [-0.3, -0.25) is 14.7 Å². The average Bonchev–Trinajstić information content (AvgIpc) is 2.73. The molecule has 1 amide bonds. The number of carbonyl (C=O) groups excluding carboxylic acids is 1. The van der Waals surface area contributed by atoms with E-state index in [2.05, 4.69) is 56.0 Å². The summed E-state index contributed by atoms with van der Waals surface area (Å²) in [6.45, 7) is 9.10. The number of amidine groups is 1. The number of rotatable bonds is 6. The number of carbonyl (C=O) groups is 1. The quantitative estimate of drug-likeness (QED) is 0.628. The van der Waals surface area contributed by atoms with Gasteiger partial charge in [0.05, 0.1) is 6.04 Å². The fourth-order valence-electron chi connectivity index (χ4n) is 4.37. The van der Waals surface area contributed by atoms with Gasteiger partial charge in [0.2, 0.25) is 0 Å². The number of nitrogens with zero attached hydrogens (tertiary/aromatic N) is 3. The summed E-state index contributed by atoms with van der Waals surface area (Å²) in [5.74, 6) is 1.14. The highest BCUT2D eigenvalue weighted by Gasteiger charge is 2.28. The molecule has 2 fully saturated rings. The third-order valence-electron chi connectivity index (χ3n) is 6.03. The van der Waals surface area contributed by atoms with E-state index in [1.807, 2.05) is 4.90 Å². The molecular formula is C24H35N3O. The molecule has 0 N–H and O–H groups in total. The third kappa shape index (κ3) is 4.84. The minimum absolute atomic E-state index is 0.135. The van der Waals surface area contributed by atoms with E-state index in [0.29, 0.717) is 12.6 Å². The lowest BCUT2D eigenvalue weighted by Gasteiger charge is -2.31. The van der Waals surface area contributed by atoms with Crippen molar-refractivity contribution < 1.29 is 4.79 Å². The van der Waals surface area contributed by atoms with Crippen LogP contribution in [0.5, 0.6) is 0 Å². The topological polar surface area (TPSA) is 35.9 Å². The van der Waals surface area contributed by atoms with E-state index >= 15 is 0 Å². The molecule has 1 aliphatic heterocycles.